The molecule has 5 rings (SSSR count). The van der Waals surface area contributed by atoms with Gasteiger partial charge >= 0.3 is 5.97 Å². The standard InChI is InChI=1S/C26H24N2O4S2/c29-23-22(34-25(33)28(23)16-17-5-2-1-3-6-17)15-20-11-12-21(32-20)18-7-9-19(10-8-18)26(24(30)31)13-4-14-27-26/h1-3,5-12,15,25,27,33H,4,13-14,16H2,(H,30,31)/b22-15-/t25-,26-/m1/s1. The number of hydrogen-bond donors (Lipinski definition) is 3. The van der Waals surface area contributed by atoms with Crippen LogP contribution >= 0.6 is 24.4 Å². The number of furan rings is 1. The highest BCUT2D eigenvalue weighted by Gasteiger charge is 2.42. The number of rotatable bonds is 6. The maximum atomic E-state index is 12.9. The molecule has 2 atom stereocenters. The molecule has 2 fully saturated rings. The summed E-state index contributed by atoms with van der Waals surface area (Å²) < 4.78 is 5.73. The number of aliphatic carboxylic acids is 1. The fraction of sp³-hybridized carbons (Fsp3) is 0.231. The number of amides is 1. The van der Waals surface area contributed by atoms with E-state index in [-0.39, 0.29) is 10.6 Å². The summed E-state index contributed by atoms with van der Waals surface area (Å²) in [6, 6.07) is 20.9. The first-order valence-corrected chi connectivity index (χ1v) is 12.5. The summed E-state index contributed by atoms with van der Waals surface area (Å²) in [7, 11) is 0. The van der Waals surface area contributed by atoms with Crippen molar-refractivity contribution in [3.63, 3.8) is 0 Å². The van der Waals surface area contributed by atoms with E-state index in [0.29, 0.717) is 35.9 Å². The van der Waals surface area contributed by atoms with E-state index < -0.39 is 11.5 Å². The molecule has 0 aliphatic carbocycles. The molecule has 0 radical (unpaired) electrons. The maximum absolute atomic E-state index is 12.9. The van der Waals surface area contributed by atoms with Gasteiger partial charge in [-0.1, -0.05) is 66.4 Å². The summed E-state index contributed by atoms with van der Waals surface area (Å²) in [4.78, 5) is 27.2. The van der Waals surface area contributed by atoms with Gasteiger partial charge in [0.05, 0.1) is 4.91 Å². The maximum Gasteiger partial charge on any atom is 0.328 e. The minimum Gasteiger partial charge on any atom is -0.480 e. The van der Waals surface area contributed by atoms with Gasteiger partial charge in [0.1, 0.15) is 21.8 Å². The number of carboxylic acid groups (broad SMARTS) is 1. The molecule has 8 heteroatoms. The molecule has 0 spiro atoms. The van der Waals surface area contributed by atoms with Crippen molar-refractivity contribution in [2.24, 2.45) is 0 Å². The van der Waals surface area contributed by atoms with Crippen LogP contribution in [0.4, 0.5) is 0 Å². The van der Waals surface area contributed by atoms with Crippen molar-refractivity contribution in [1.82, 2.24) is 10.2 Å². The normalized spacial score (nSPS) is 23.7. The Balaban J connectivity index is 1.32. The Hall–Kier alpha value is -2.94. The van der Waals surface area contributed by atoms with Gasteiger partial charge in [-0.15, -0.1) is 12.6 Å². The topological polar surface area (TPSA) is 82.8 Å². The Kier molecular flexibility index (Phi) is 6.29. The highest BCUT2D eigenvalue weighted by molar-refractivity contribution is 8.14. The summed E-state index contributed by atoms with van der Waals surface area (Å²) in [6.07, 6.45) is 3.15. The van der Waals surface area contributed by atoms with Gasteiger partial charge in [-0.05, 0) is 42.6 Å². The number of thioether (sulfide) groups is 1. The van der Waals surface area contributed by atoms with Crippen LogP contribution in [0.2, 0.25) is 0 Å². The van der Waals surface area contributed by atoms with E-state index in [1.807, 2.05) is 66.7 Å². The predicted molar refractivity (Wildman–Crippen MR) is 136 cm³/mol. The summed E-state index contributed by atoms with van der Waals surface area (Å²) >= 11 is 5.98. The van der Waals surface area contributed by atoms with Crippen LogP contribution in [0.5, 0.6) is 0 Å². The number of thiol groups is 1. The summed E-state index contributed by atoms with van der Waals surface area (Å²) in [5.41, 5.74) is 1.61. The van der Waals surface area contributed by atoms with Crippen molar-refractivity contribution in [3.05, 3.63) is 88.5 Å². The SMILES string of the molecule is O=C1/C(=C/c2ccc(-c3ccc([C@@]4(C(=O)O)CCCN4)cc3)o2)S[C@@H](S)N1Cc1ccccc1. The van der Waals surface area contributed by atoms with Crippen molar-refractivity contribution < 1.29 is 19.1 Å². The number of hydrogen-bond acceptors (Lipinski definition) is 6. The first-order valence-electron chi connectivity index (χ1n) is 11.1. The lowest BCUT2D eigenvalue weighted by atomic mass is 9.88. The molecule has 3 heterocycles. The lowest BCUT2D eigenvalue weighted by Crippen LogP contribution is -2.44. The van der Waals surface area contributed by atoms with Gasteiger partial charge in [0, 0.05) is 18.2 Å². The fourth-order valence-electron chi connectivity index (χ4n) is 4.43. The van der Waals surface area contributed by atoms with Crippen LogP contribution in [0.25, 0.3) is 17.4 Å². The lowest BCUT2D eigenvalue weighted by Gasteiger charge is -2.25. The third kappa shape index (κ3) is 4.29. The van der Waals surface area contributed by atoms with E-state index in [0.717, 1.165) is 23.1 Å². The second-order valence-electron chi connectivity index (χ2n) is 8.39. The molecule has 1 amide bonds. The molecule has 6 nitrogen and oxygen atoms in total. The molecule has 2 saturated heterocycles. The molecule has 0 bridgehead atoms. The molecule has 2 N–H and O–H groups in total. The molecule has 0 saturated carbocycles. The van der Waals surface area contributed by atoms with Crippen LogP contribution in [0.1, 0.15) is 29.7 Å². The second-order valence-corrected chi connectivity index (χ2v) is 10.4. The molecular weight excluding hydrogens is 468 g/mol. The van der Waals surface area contributed by atoms with Gasteiger partial charge in [-0.3, -0.25) is 10.1 Å². The van der Waals surface area contributed by atoms with Gasteiger partial charge in [-0.2, -0.15) is 0 Å². The largest absolute Gasteiger partial charge is 0.480 e. The van der Waals surface area contributed by atoms with Crippen LogP contribution in [0.3, 0.4) is 0 Å². The first-order chi connectivity index (χ1) is 16.5. The third-order valence-electron chi connectivity index (χ3n) is 6.25. The zero-order valence-electron chi connectivity index (χ0n) is 18.3. The average Bonchev–Trinajstić information content (AvgIpc) is 3.58. The van der Waals surface area contributed by atoms with Crippen molar-refractivity contribution in [1.29, 1.82) is 0 Å². The van der Waals surface area contributed by atoms with Crippen LogP contribution in [0, 0.1) is 0 Å². The number of carbonyl (C=O) groups excluding carboxylic acids is 1. The van der Waals surface area contributed by atoms with Gasteiger partial charge in [-0.25, -0.2) is 4.79 Å². The molecular formula is C26H24N2O4S2. The predicted octanol–water partition coefficient (Wildman–Crippen LogP) is 4.94. The summed E-state index contributed by atoms with van der Waals surface area (Å²) in [6.45, 7) is 1.19. The minimum atomic E-state index is -1.02. The molecule has 174 valence electrons. The summed E-state index contributed by atoms with van der Waals surface area (Å²) in [5.74, 6) is 0.309. The number of carboxylic acids is 1. The van der Waals surface area contributed by atoms with E-state index >= 15 is 0 Å². The highest BCUT2D eigenvalue weighted by Crippen LogP contribution is 2.39. The van der Waals surface area contributed by atoms with Gasteiger partial charge in [0.25, 0.3) is 5.91 Å². The number of nitrogens with zero attached hydrogens (tertiary/aromatic N) is 1. The van der Waals surface area contributed by atoms with Crippen molar-refractivity contribution in [2.75, 3.05) is 6.54 Å². The smallest absolute Gasteiger partial charge is 0.328 e. The van der Waals surface area contributed by atoms with E-state index in [9.17, 15) is 14.7 Å². The van der Waals surface area contributed by atoms with Crippen molar-refractivity contribution in [3.8, 4) is 11.3 Å². The summed E-state index contributed by atoms with van der Waals surface area (Å²) in [5, 5.41) is 12.9. The van der Waals surface area contributed by atoms with Gasteiger partial charge in [0.15, 0.2) is 0 Å². The van der Waals surface area contributed by atoms with E-state index in [1.165, 1.54) is 11.8 Å². The Morgan fingerprint density at radius 2 is 1.94 bits per heavy atom. The number of nitrogens with one attached hydrogen (secondary N) is 1. The molecule has 34 heavy (non-hydrogen) atoms. The van der Waals surface area contributed by atoms with Gasteiger partial charge in [0.2, 0.25) is 0 Å². The van der Waals surface area contributed by atoms with Crippen molar-refractivity contribution in [2.45, 2.75) is 29.6 Å². The zero-order chi connectivity index (χ0) is 23.7. The molecule has 2 aromatic carbocycles. The number of carbonyl (C=O) groups is 2. The Labute approximate surface area is 207 Å². The van der Waals surface area contributed by atoms with Crippen LogP contribution in [0.15, 0.2) is 76.1 Å². The molecule has 1 aromatic heterocycles. The molecule has 3 aromatic rings. The Morgan fingerprint density at radius 1 is 1.18 bits per heavy atom. The van der Waals surface area contributed by atoms with Crippen LogP contribution < -0.4 is 5.32 Å². The molecule has 2 aliphatic heterocycles. The minimum absolute atomic E-state index is 0.0702. The zero-order valence-corrected chi connectivity index (χ0v) is 20.0. The first kappa shape index (κ1) is 22.8. The fourth-order valence-corrected chi connectivity index (χ4v) is 5.88. The number of benzene rings is 2. The second kappa shape index (κ2) is 9.37. The monoisotopic (exact) mass is 492 g/mol. The van der Waals surface area contributed by atoms with Crippen LogP contribution in [-0.4, -0.2) is 33.1 Å². The quantitative estimate of drug-likeness (QED) is 0.334. The van der Waals surface area contributed by atoms with E-state index in [1.54, 1.807) is 11.0 Å². The third-order valence-corrected chi connectivity index (χ3v) is 7.86. The van der Waals surface area contributed by atoms with E-state index in [2.05, 4.69) is 17.9 Å². The Morgan fingerprint density at radius 3 is 2.62 bits per heavy atom. The Bertz CT molecular complexity index is 1230. The highest BCUT2D eigenvalue weighted by atomic mass is 32.2. The van der Waals surface area contributed by atoms with Gasteiger partial charge < -0.3 is 14.4 Å². The molecule has 2 aliphatic rings. The van der Waals surface area contributed by atoms with Crippen molar-refractivity contribution >= 4 is 42.3 Å². The average molecular weight is 493 g/mol. The van der Waals surface area contributed by atoms with E-state index in [4.69, 9.17) is 4.42 Å². The molecule has 0 unspecified atom stereocenters. The lowest BCUT2D eigenvalue weighted by molar-refractivity contribution is -0.144. The van der Waals surface area contributed by atoms with Crippen LogP contribution in [-0.2, 0) is 21.7 Å².